The van der Waals surface area contributed by atoms with Gasteiger partial charge in [0.1, 0.15) is 5.75 Å². The highest BCUT2D eigenvalue weighted by atomic mass is 16.5. The number of esters is 1. The number of hydrogen-bond acceptors (Lipinski definition) is 6. The number of carbonyl (C=O) groups excluding carboxylic acids is 1. The van der Waals surface area contributed by atoms with Crippen molar-refractivity contribution in [3.63, 3.8) is 0 Å². The van der Waals surface area contributed by atoms with E-state index in [0.29, 0.717) is 18.3 Å². The zero-order valence-corrected chi connectivity index (χ0v) is 12.0. The van der Waals surface area contributed by atoms with Gasteiger partial charge in [0, 0.05) is 0 Å². The van der Waals surface area contributed by atoms with Crippen molar-refractivity contribution in [1.29, 1.82) is 0 Å². The molecule has 0 radical (unpaired) electrons. The van der Waals surface area contributed by atoms with Gasteiger partial charge in [-0.2, -0.15) is 0 Å². The van der Waals surface area contributed by atoms with Gasteiger partial charge in [0.05, 0.1) is 25.6 Å². The van der Waals surface area contributed by atoms with E-state index in [4.69, 9.17) is 9.94 Å². The van der Waals surface area contributed by atoms with Crippen molar-refractivity contribution < 1.29 is 19.5 Å². The van der Waals surface area contributed by atoms with Crippen LogP contribution in [0.15, 0.2) is 23.5 Å². The zero-order valence-electron chi connectivity index (χ0n) is 12.0. The molecule has 0 fully saturated rings. The summed E-state index contributed by atoms with van der Waals surface area (Å²) in [5, 5.41) is 11.7. The average Bonchev–Trinajstić information content (AvgIpc) is 2.47. The Kier molecular flexibility index (Phi) is 6.49. The molecule has 1 N–H and O–H groups in total. The van der Waals surface area contributed by atoms with E-state index in [-0.39, 0.29) is 11.4 Å². The molecule has 0 saturated heterocycles. The van der Waals surface area contributed by atoms with E-state index in [1.807, 2.05) is 0 Å². The standard InChI is InChI=1S/C14H20N2O4/c1-4-5-10(2)9-20-11-6-7-12(15-8-11)13(16-18)14(17)19-3/h6-8,10,18H,4-5,9H2,1-3H3. The number of hydrogen-bond donors (Lipinski definition) is 1. The van der Waals surface area contributed by atoms with Crippen LogP contribution >= 0.6 is 0 Å². The van der Waals surface area contributed by atoms with Crippen molar-refractivity contribution in [1.82, 2.24) is 4.98 Å². The van der Waals surface area contributed by atoms with Crippen LogP contribution in [0, 0.1) is 5.92 Å². The van der Waals surface area contributed by atoms with Crippen LogP contribution in [0.5, 0.6) is 5.75 Å². The molecule has 0 bridgehead atoms. The van der Waals surface area contributed by atoms with Crippen LogP contribution in [0.1, 0.15) is 32.4 Å². The van der Waals surface area contributed by atoms with Gasteiger partial charge in [-0.15, -0.1) is 0 Å². The van der Waals surface area contributed by atoms with E-state index in [1.54, 1.807) is 12.1 Å². The van der Waals surface area contributed by atoms with Gasteiger partial charge >= 0.3 is 5.97 Å². The van der Waals surface area contributed by atoms with E-state index < -0.39 is 5.97 Å². The van der Waals surface area contributed by atoms with Crippen LogP contribution in [-0.4, -0.2) is 35.6 Å². The van der Waals surface area contributed by atoms with Crippen molar-refractivity contribution in [3.05, 3.63) is 24.0 Å². The quantitative estimate of drug-likeness (QED) is 0.358. The molecule has 0 aliphatic heterocycles. The third-order valence-electron chi connectivity index (χ3n) is 2.77. The first-order valence-corrected chi connectivity index (χ1v) is 6.52. The fraction of sp³-hybridized carbons (Fsp3) is 0.500. The summed E-state index contributed by atoms with van der Waals surface area (Å²) in [7, 11) is 1.21. The monoisotopic (exact) mass is 280 g/mol. The smallest absolute Gasteiger partial charge is 0.362 e. The van der Waals surface area contributed by atoms with Crippen LogP contribution in [-0.2, 0) is 9.53 Å². The summed E-state index contributed by atoms with van der Waals surface area (Å²) in [6, 6.07) is 3.22. The molecule has 1 aromatic rings. The van der Waals surface area contributed by atoms with Gasteiger partial charge in [0.25, 0.3) is 0 Å². The summed E-state index contributed by atoms with van der Waals surface area (Å²) < 4.78 is 10.1. The lowest BCUT2D eigenvalue weighted by Crippen LogP contribution is -2.18. The Bertz CT molecular complexity index is 457. The molecule has 6 heteroatoms. The molecule has 20 heavy (non-hydrogen) atoms. The molecule has 1 heterocycles. The normalized spacial score (nSPS) is 12.8. The zero-order chi connectivity index (χ0) is 15.0. The van der Waals surface area contributed by atoms with E-state index in [0.717, 1.165) is 12.8 Å². The third kappa shape index (κ3) is 4.53. The van der Waals surface area contributed by atoms with Gasteiger partial charge in [-0.05, 0) is 24.5 Å². The first-order chi connectivity index (χ1) is 9.62. The Labute approximate surface area is 118 Å². The van der Waals surface area contributed by atoms with E-state index >= 15 is 0 Å². The Balaban J connectivity index is 2.66. The van der Waals surface area contributed by atoms with Gasteiger partial charge < -0.3 is 14.7 Å². The second-order valence-electron chi connectivity index (χ2n) is 4.52. The van der Waals surface area contributed by atoms with Gasteiger partial charge in [-0.25, -0.2) is 4.79 Å². The molecule has 0 aliphatic carbocycles. The van der Waals surface area contributed by atoms with Crippen LogP contribution in [0.2, 0.25) is 0 Å². The minimum absolute atomic E-state index is 0.230. The number of aromatic nitrogens is 1. The lowest BCUT2D eigenvalue weighted by Gasteiger charge is -2.12. The highest BCUT2D eigenvalue weighted by Gasteiger charge is 2.16. The molecule has 1 unspecified atom stereocenters. The molecule has 1 aromatic heterocycles. The average molecular weight is 280 g/mol. The van der Waals surface area contributed by atoms with E-state index in [1.165, 1.54) is 13.3 Å². The molecular formula is C14H20N2O4. The van der Waals surface area contributed by atoms with Gasteiger partial charge in [-0.3, -0.25) is 4.98 Å². The van der Waals surface area contributed by atoms with E-state index in [2.05, 4.69) is 28.7 Å². The largest absolute Gasteiger partial charge is 0.492 e. The van der Waals surface area contributed by atoms with Crippen molar-refractivity contribution in [2.45, 2.75) is 26.7 Å². The van der Waals surface area contributed by atoms with Crippen LogP contribution in [0.3, 0.4) is 0 Å². The number of pyridine rings is 1. The number of ether oxygens (including phenoxy) is 2. The minimum Gasteiger partial charge on any atom is -0.492 e. The van der Waals surface area contributed by atoms with Crippen LogP contribution in [0.25, 0.3) is 0 Å². The lowest BCUT2D eigenvalue weighted by atomic mass is 10.1. The highest BCUT2D eigenvalue weighted by molar-refractivity contribution is 6.42. The summed E-state index contributed by atoms with van der Waals surface area (Å²) in [5.41, 5.74) is -0.00768. The molecule has 1 atom stereocenters. The Morgan fingerprint density at radius 2 is 2.25 bits per heavy atom. The number of carbonyl (C=O) groups is 1. The molecular weight excluding hydrogens is 260 g/mol. The maximum Gasteiger partial charge on any atom is 0.362 e. The molecule has 110 valence electrons. The van der Waals surface area contributed by atoms with Crippen molar-refractivity contribution >= 4 is 11.7 Å². The fourth-order valence-corrected chi connectivity index (χ4v) is 1.71. The van der Waals surface area contributed by atoms with Gasteiger partial charge in [0.15, 0.2) is 0 Å². The number of methoxy groups -OCH3 is 1. The van der Waals surface area contributed by atoms with Crippen LogP contribution < -0.4 is 4.74 Å². The predicted molar refractivity (Wildman–Crippen MR) is 74.1 cm³/mol. The first kappa shape index (κ1) is 15.9. The second-order valence-corrected chi connectivity index (χ2v) is 4.52. The minimum atomic E-state index is -0.745. The van der Waals surface area contributed by atoms with Crippen molar-refractivity contribution in [2.24, 2.45) is 11.1 Å². The Hall–Kier alpha value is -2.11. The van der Waals surface area contributed by atoms with Gasteiger partial charge in [-0.1, -0.05) is 25.4 Å². The van der Waals surface area contributed by atoms with Gasteiger partial charge in [0.2, 0.25) is 5.71 Å². The SMILES string of the molecule is CCCC(C)COc1ccc(C(=NO)C(=O)OC)nc1. The summed E-state index contributed by atoms with van der Waals surface area (Å²) >= 11 is 0. The Morgan fingerprint density at radius 3 is 2.75 bits per heavy atom. The number of nitrogens with zero attached hydrogens (tertiary/aromatic N) is 2. The van der Waals surface area contributed by atoms with Crippen molar-refractivity contribution in [3.8, 4) is 5.75 Å². The summed E-state index contributed by atoms with van der Waals surface area (Å²) in [6.45, 7) is 4.88. The summed E-state index contributed by atoms with van der Waals surface area (Å²) in [4.78, 5) is 15.4. The van der Waals surface area contributed by atoms with Crippen LogP contribution in [0.4, 0.5) is 0 Å². The maximum atomic E-state index is 11.3. The number of rotatable bonds is 7. The molecule has 0 saturated carbocycles. The highest BCUT2D eigenvalue weighted by Crippen LogP contribution is 2.13. The van der Waals surface area contributed by atoms with E-state index in [9.17, 15) is 4.79 Å². The third-order valence-corrected chi connectivity index (χ3v) is 2.77. The first-order valence-electron chi connectivity index (χ1n) is 6.52. The molecule has 0 amide bonds. The summed E-state index contributed by atoms with van der Waals surface area (Å²) in [6.07, 6.45) is 3.72. The predicted octanol–water partition coefficient (Wildman–Crippen LogP) is 2.25. The van der Waals surface area contributed by atoms with Crippen molar-refractivity contribution in [2.75, 3.05) is 13.7 Å². The fourth-order valence-electron chi connectivity index (χ4n) is 1.71. The molecule has 0 aliphatic rings. The molecule has 1 rings (SSSR count). The molecule has 0 aromatic carbocycles. The Morgan fingerprint density at radius 1 is 1.50 bits per heavy atom. The summed E-state index contributed by atoms with van der Waals surface area (Å²) in [5.74, 6) is 0.341. The maximum absolute atomic E-state index is 11.3. The lowest BCUT2D eigenvalue weighted by molar-refractivity contribution is -0.132. The molecule has 6 nitrogen and oxygen atoms in total. The molecule has 0 spiro atoms. The topological polar surface area (TPSA) is 81.0 Å². The number of oxime groups is 1. The second kappa shape index (κ2) is 8.14.